The number of imidazole rings is 1. The molecule has 0 aliphatic carbocycles. The number of ketones is 2. The topological polar surface area (TPSA) is 62.8 Å². The molecule has 4 rings (SSSR count). The van der Waals surface area contributed by atoms with Crippen molar-refractivity contribution < 1.29 is 9.59 Å². The van der Waals surface area contributed by atoms with Gasteiger partial charge < -0.3 is 4.98 Å². The molecule has 1 N–H and O–H groups in total. The summed E-state index contributed by atoms with van der Waals surface area (Å²) in [5, 5.41) is 0. The summed E-state index contributed by atoms with van der Waals surface area (Å²) in [7, 11) is 0. The SMILES string of the molecule is O=C(C[C@H](C(=O)c1ccc(Br)cc1)c1nc2ccccc2[nH]1)c1ccccc1. The van der Waals surface area contributed by atoms with Crippen LogP contribution in [0.5, 0.6) is 0 Å². The quantitative estimate of drug-likeness (QED) is 0.405. The van der Waals surface area contributed by atoms with Crippen molar-refractivity contribution in [1.29, 1.82) is 0 Å². The Morgan fingerprint density at radius 3 is 2.25 bits per heavy atom. The van der Waals surface area contributed by atoms with Gasteiger partial charge in [-0.15, -0.1) is 0 Å². The van der Waals surface area contributed by atoms with Crippen molar-refractivity contribution in [1.82, 2.24) is 9.97 Å². The summed E-state index contributed by atoms with van der Waals surface area (Å²) in [6.45, 7) is 0. The fourth-order valence-corrected chi connectivity index (χ4v) is 3.46. The van der Waals surface area contributed by atoms with Gasteiger partial charge in [0.1, 0.15) is 5.82 Å². The molecule has 1 atom stereocenters. The number of nitrogens with zero attached hydrogens (tertiary/aromatic N) is 1. The molecular formula is C23H17BrN2O2. The van der Waals surface area contributed by atoms with Crippen LogP contribution in [0.4, 0.5) is 0 Å². The van der Waals surface area contributed by atoms with Crippen LogP contribution in [0.3, 0.4) is 0 Å². The lowest BCUT2D eigenvalue weighted by Gasteiger charge is -2.13. The van der Waals surface area contributed by atoms with E-state index in [1.54, 1.807) is 24.3 Å². The number of benzene rings is 3. The molecule has 0 amide bonds. The Bertz CT molecular complexity index is 1100. The number of aromatic amines is 1. The Morgan fingerprint density at radius 1 is 0.857 bits per heavy atom. The highest BCUT2D eigenvalue weighted by atomic mass is 79.9. The van der Waals surface area contributed by atoms with Gasteiger partial charge in [-0.25, -0.2) is 4.98 Å². The van der Waals surface area contributed by atoms with E-state index in [0.29, 0.717) is 17.0 Å². The van der Waals surface area contributed by atoms with Gasteiger partial charge in [0.25, 0.3) is 0 Å². The van der Waals surface area contributed by atoms with E-state index in [9.17, 15) is 9.59 Å². The first-order valence-corrected chi connectivity index (χ1v) is 9.74. The third-order valence-electron chi connectivity index (χ3n) is 4.67. The second kappa shape index (κ2) is 7.90. The number of carbonyl (C=O) groups is 2. The number of H-pyrrole nitrogens is 1. The molecule has 1 aromatic heterocycles. The van der Waals surface area contributed by atoms with Crippen molar-refractivity contribution in [2.45, 2.75) is 12.3 Å². The molecule has 28 heavy (non-hydrogen) atoms. The van der Waals surface area contributed by atoms with Gasteiger partial charge in [0.15, 0.2) is 11.6 Å². The predicted molar refractivity (Wildman–Crippen MR) is 113 cm³/mol. The molecule has 138 valence electrons. The van der Waals surface area contributed by atoms with Gasteiger partial charge in [-0.3, -0.25) is 9.59 Å². The third-order valence-corrected chi connectivity index (χ3v) is 5.20. The van der Waals surface area contributed by atoms with Crippen LogP contribution < -0.4 is 0 Å². The molecule has 0 aliphatic heterocycles. The number of hydrogen-bond donors (Lipinski definition) is 1. The van der Waals surface area contributed by atoms with Crippen LogP contribution in [0.15, 0.2) is 83.3 Å². The smallest absolute Gasteiger partial charge is 0.173 e. The van der Waals surface area contributed by atoms with Gasteiger partial charge in [0.05, 0.1) is 17.0 Å². The molecule has 4 aromatic rings. The summed E-state index contributed by atoms with van der Waals surface area (Å²) < 4.78 is 0.893. The van der Waals surface area contributed by atoms with E-state index in [4.69, 9.17) is 0 Å². The number of halogens is 1. The summed E-state index contributed by atoms with van der Waals surface area (Å²) in [4.78, 5) is 33.9. The molecule has 3 aromatic carbocycles. The molecule has 5 heteroatoms. The van der Waals surface area contributed by atoms with Crippen LogP contribution in [0.25, 0.3) is 11.0 Å². The first kappa shape index (κ1) is 18.3. The van der Waals surface area contributed by atoms with Crippen LogP contribution in [0, 0.1) is 0 Å². The normalized spacial score (nSPS) is 12.0. The maximum Gasteiger partial charge on any atom is 0.173 e. The summed E-state index contributed by atoms with van der Waals surface area (Å²) in [6.07, 6.45) is 0.0543. The summed E-state index contributed by atoms with van der Waals surface area (Å²) >= 11 is 3.39. The lowest BCUT2D eigenvalue weighted by Crippen LogP contribution is -2.18. The minimum Gasteiger partial charge on any atom is -0.341 e. The van der Waals surface area contributed by atoms with Gasteiger partial charge in [0, 0.05) is 22.0 Å². The van der Waals surface area contributed by atoms with Gasteiger partial charge in [0.2, 0.25) is 0 Å². The number of hydrogen-bond acceptors (Lipinski definition) is 3. The molecule has 0 unspecified atom stereocenters. The van der Waals surface area contributed by atoms with Crippen LogP contribution in [-0.2, 0) is 0 Å². The van der Waals surface area contributed by atoms with Gasteiger partial charge in [-0.1, -0.05) is 70.5 Å². The zero-order chi connectivity index (χ0) is 19.5. The lowest BCUT2D eigenvalue weighted by atomic mass is 9.90. The molecular weight excluding hydrogens is 416 g/mol. The number of fused-ring (bicyclic) bond motifs is 1. The zero-order valence-corrected chi connectivity index (χ0v) is 16.5. The average molecular weight is 433 g/mol. The highest BCUT2D eigenvalue weighted by Gasteiger charge is 2.28. The summed E-state index contributed by atoms with van der Waals surface area (Å²) in [6, 6.07) is 23.8. The highest BCUT2D eigenvalue weighted by Crippen LogP contribution is 2.27. The number of rotatable bonds is 6. The van der Waals surface area contributed by atoms with Gasteiger partial charge in [-0.05, 0) is 24.3 Å². The second-order valence-corrected chi connectivity index (χ2v) is 7.47. The van der Waals surface area contributed by atoms with Crippen molar-refractivity contribution in [3.63, 3.8) is 0 Å². The third kappa shape index (κ3) is 3.80. The first-order valence-electron chi connectivity index (χ1n) is 8.94. The Hall–Kier alpha value is -3.05. The Balaban J connectivity index is 1.72. The molecule has 1 heterocycles. The predicted octanol–water partition coefficient (Wildman–Crippen LogP) is 5.56. The number of carbonyl (C=O) groups excluding carboxylic acids is 2. The molecule has 0 saturated carbocycles. The molecule has 0 radical (unpaired) electrons. The summed E-state index contributed by atoms with van der Waals surface area (Å²) in [5.41, 5.74) is 2.76. The lowest BCUT2D eigenvalue weighted by molar-refractivity contribution is 0.0890. The Morgan fingerprint density at radius 2 is 1.54 bits per heavy atom. The van der Waals surface area contributed by atoms with E-state index in [-0.39, 0.29) is 18.0 Å². The van der Waals surface area contributed by atoms with Crippen molar-refractivity contribution in [3.8, 4) is 0 Å². The van der Waals surface area contributed by atoms with Crippen LogP contribution >= 0.6 is 15.9 Å². The van der Waals surface area contributed by atoms with E-state index in [1.165, 1.54) is 0 Å². The van der Waals surface area contributed by atoms with E-state index < -0.39 is 5.92 Å². The summed E-state index contributed by atoms with van der Waals surface area (Å²) in [5.74, 6) is -0.382. The average Bonchev–Trinajstić information content (AvgIpc) is 3.16. The standard InChI is InChI=1S/C23H17BrN2O2/c24-17-12-10-16(11-13-17)22(28)18(14-21(27)15-6-2-1-3-7-15)23-25-19-8-4-5-9-20(19)26-23/h1-13,18H,14H2,(H,25,26)/t18-/m1/s1. The van der Waals surface area contributed by atoms with Crippen LogP contribution in [-0.4, -0.2) is 21.5 Å². The van der Waals surface area contributed by atoms with Crippen LogP contribution in [0.1, 0.15) is 38.9 Å². The van der Waals surface area contributed by atoms with E-state index in [1.807, 2.05) is 54.6 Å². The number of Topliss-reactive ketones (excluding diaryl/α,β-unsaturated/α-hetero) is 2. The first-order chi connectivity index (χ1) is 13.6. The van der Waals surface area contributed by atoms with Gasteiger partial charge >= 0.3 is 0 Å². The largest absolute Gasteiger partial charge is 0.341 e. The number of nitrogens with one attached hydrogen (secondary N) is 1. The molecule has 0 fully saturated rings. The van der Waals surface area contributed by atoms with E-state index >= 15 is 0 Å². The maximum atomic E-state index is 13.3. The zero-order valence-electron chi connectivity index (χ0n) is 14.9. The monoisotopic (exact) mass is 432 g/mol. The number of aromatic nitrogens is 2. The molecule has 0 spiro atoms. The Labute approximate surface area is 170 Å². The highest BCUT2D eigenvalue weighted by molar-refractivity contribution is 9.10. The van der Waals surface area contributed by atoms with Crippen molar-refractivity contribution >= 4 is 38.5 Å². The molecule has 0 saturated heterocycles. The fourth-order valence-electron chi connectivity index (χ4n) is 3.19. The Kier molecular flexibility index (Phi) is 5.17. The molecule has 0 bridgehead atoms. The number of para-hydroxylation sites is 2. The van der Waals surface area contributed by atoms with Crippen molar-refractivity contribution in [2.75, 3.05) is 0 Å². The van der Waals surface area contributed by atoms with Gasteiger partial charge in [-0.2, -0.15) is 0 Å². The van der Waals surface area contributed by atoms with E-state index in [2.05, 4.69) is 25.9 Å². The van der Waals surface area contributed by atoms with Crippen molar-refractivity contribution in [3.05, 3.63) is 100 Å². The van der Waals surface area contributed by atoms with Crippen LogP contribution in [0.2, 0.25) is 0 Å². The fraction of sp³-hybridized carbons (Fsp3) is 0.0870. The minimum absolute atomic E-state index is 0.0543. The second-order valence-electron chi connectivity index (χ2n) is 6.56. The minimum atomic E-state index is -0.679. The molecule has 0 aliphatic rings. The maximum absolute atomic E-state index is 13.3. The van der Waals surface area contributed by atoms with Crippen molar-refractivity contribution in [2.24, 2.45) is 0 Å². The van der Waals surface area contributed by atoms with E-state index in [0.717, 1.165) is 15.5 Å². The molecule has 4 nitrogen and oxygen atoms in total.